The van der Waals surface area contributed by atoms with Gasteiger partial charge in [0.1, 0.15) is 0 Å². The SMILES string of the molecule is CN(CC(=O)NC1CC1)C(=O)CSc1nnnn1Cc1ccccc1. The summed E-state index contributed by atoms with van der Waals surface area (Å²) in [4.78, 5) is 25.4. The van der Waals surface area contributed by atoms with Crippen LogP contribution >= 0.6 is 11.8 Å². The van der Waals surface area contributed by atoms with Gasteiger partial charge >= 0.3 is 0 Å². The molecule has 25 heavy (non-hydrogen) atoms. The lowest BCUT2D eigenvalue weighted by molar-refractivity contribution is -0.132. The number of rotatable bonds is 8. The number of aromatic nitrogens is 4. The average molecular weight is 360 g/mol. The Labute approximate surface area is 150 Å². The fraction of sp³-hybridized carbons (Fsp3) is 0.438. The molecule has 132 valence electrons. The van der Waals surface area contributed by atoms with E-state index in [0.29, 0.717) is 17.7 Å². The van der Waals surface area contributed by atoms with Gasteiger partial charge in [-0.2, -0.15) is 0 Å². The minimum atomic E-state index is -0.134. The van der Waals surface area contributed by atoms with Crippen LogP contribution < -0.4 is 5.32 Å². The van der Waals surface area contributed by atoms with Crippen LogP contribution in [0.5, 0.6) is 0 Å². The Kier molecular flexibility index (Phi) is 5.64. The molecule has 2 amide bonds. The Morgan fingerprint density at radius 1 is 1.32 bits per heavy atom. The maximum atomic E-state index is 12.2. The van der Waals surface area contributed by atoms with E-state index >= 15 is 0 Å². The first-order valence-corrected chi connectivity index (χ1v) is 9.06. The fourth-order valence-electron chi connectivity index (χ4n) is 2.20. The second-order valence-corrected chi connectivity index (χ2v) is 6.93. The number of benzene rings is 1. The monoisotopic (exact) mass is 360 g/mol. The largest absolute Gasteiger partial charge is 0.352 e. The van der Waals surface area contributed by atoms with Crippen molar-refractivity contribution in [3.8, 4) is 0 Å². The number of likely N-dealkylation sites (N-methyl/N-ethyl adjacent to an activating group) is 1. The topological polar surface area (TPSA) is 93.0 Å². The summed E-state index contributed by atoms with van der Waals surface area (Å²) in [6.07, 6.45) is 2.06. The number of tetrazole rings is 1. The molecule has 1 heterocycles. The number of hydrogen-bond donors (Lipinski definition) is 1. The molecule has 3 rings (SSSR count). The van der Waals surface area contributed by atoms with Crippen LogP contribution in [0.2, 0.25) is 0 Å². The fourth-order valence-corrected chi connectivity index (χ4v) is 3.01. The third-order valence-electron chi connectivity index (χ3n) is 3.75. The van der Waals surface area contributed by atoms with Gasteiger partial charge in [-0.15, -0.1) is 5.10 Å². The third kappa shape index (κ3) is 5.28. The number of nitrogens with zero attached hydrogens (tertiary/aromatic N) is 5. The third-order valence-corrected chi connectivity index (χ3v) is 4.69. The van der Waals surface area contributed by atoms with E-state index < -0.39 is 0 Å². The molecule has 0 radical (unpaired) electrons. The van der Waals surface area contributed by atoms with Crippen molar-refractivity contribution in [1.82, 2.24) is 30.4 Å². The van der Waals surface area contributed by atoms with E-state index in [2.05, 4.69) is 20.8 Å². The number of nitrogens with one attached hydrogen (secondary N) is 1. The summed E-state index contributed by atoms with van der Waals surface area (Å²) in [5, 5.41) is 15.1. The quantitative estimate of drug-likeness (QED) is 0.691. The summed E-state index contributed by atoms with van der Waals surface area (Å²) >= 11 is 1.27. The lowest BCUT2D eigenvalue weighted by Crippen LogP contribution is -2.39. The van der Waals surface area contributed by atoms with Crippen molar-refractivity contribution in [2.24, 2.45) is 0 Å². The molecule has 1 N–H and O–H groups in total. The van der Waals surface area contributed by atoms with Crippen molar-refractivity contribution >= 4 is 23.6 Å². The van der Waals surface area contributed by atoms with Crippen molar-refractivity contribution in [1.29, 1.82) is 0 Å². The van der Waals surface area contributed by atoms with E-state index in [1.165, 1.54) is 16.7 Å². The van der Waals surface area contributed by atoms with Crippen LogP contribution in [0, 0.1) is 0 Å². The van der Waals surface area contributed by atoms with E-state index in [1.54, 1.807) is 11.7 Å². The molecule has 1 aliphatic carbocycles. The molecule has 2 aromatic rings. The van der Waals surface area contributed by atoms with Crippen LogP contribution in [0.4, 0.5) is 0 Å². The van der Waals surface area contributed by atoms with Gasteiger partial charge in [0.25, 0.3) is 0 Å². The molecule has 8 nitrogen and oxygen atoms in total. The second kappa shape index (κ2) is 8.11. The Balaban J connectivity index is 1.48. The number of amides is 2. The van der Waals surface area contributed by atoms with Crippen molar-refractivity contribution < 1.29 is 9.59 Å². The predicted octanol–water partition coefficient (Wildman–Crippen LogP) is 0.551. The van der Waals surface area contributed by atoms with Crippen molar-refractivity contribution in [2.45, 2.75) is 30.6 Å². The molecule has 0 aliphatic heterocycles. The summed E-state index contributed by atoms with van der Waals surface area (Å²) in [5.74, 6) is -0.0648. The zero-order chi connectivity index (χ0) is 17.6. The zero-order valence-corrected chi connectivity index (χ0v) is 14.8. The number of carbonyl (C=O) groups is 2. The summed E-state index contributed by atoms with van der Waals surface area (Å²) in [6.45, 7) is 0.620. The van der Waals surface area contributed by atoms with Gasteiger partial charge in [-0.25, -0.2) is 4.68 Å². The van der Waals surface area contributed by atoms with Crippen LogP contribution in [0.25, 0.3) is 0 Å². The van der Waals surface area contributed by atoms with E-state index in [-0.39, 0.29) is 24.1 Å². The zero-order valence-electron chi connectivity index (χ0n) is 14.0. The molecule has 0 spiro atoms. The predicted molar refractivity (Wildman–Crippen MR) is 92.9 cm³/mol. The van der Waals surface area contributed by atoms with Gasteiger partial charge in [0.15, 0.2) is 0 Å². The number of carbonyl (C=O) groups excluding carboxylic acids is 2. The molecule has 0 saturated heterocycles. The van der Waals surface area contributed by atoms with E-state index in [0.717, 1.165) is 18.4 Å². The number of thioether (sulfide) groups is 1. The molecule has 1 aliphatic rings. The molecule has 1 aromatic heterocycles. The molecular weight excluding hydrogens is 340 g/mol. The Morgan fingerprint density at radius 3 is 2.80 bits per heavy atom. The molecule has 1 fully saturated rings. The first-order valence-electron chi connectivity index (χ1n) is 8.08. The van der Waals surface area contributed by atoms with Crippen LogP contribution in [0.15, 0.2) is 35.5 Å². The molecule has 1 aromatic carbocycles. The summed E-state index contributed by atoms with van der Waals surface area (Å²) in [5.41, 5.74) is 1.08. The lowest BCUT2D eigenvalue weighted by Gasteiger charge is -2.16. The van der Waals surface area contributed by atoms with Gasteiger partial charge < -0.3 is 10.2 Å². The molecule has 0 unspecified atom stereocenters. The van der Waals surface area contributed by atoms with E-state index in [9.17, 15) is 9.59 Å². The van der Waals surface area contributed by atoms with E-state index in [4.69, 9.17) is 0 Å². The smallest absolute Gasteiger partial charge is 0.239 e. The summed E-state index contributed by atoms with van der Waals surface area (Å²) in [7, 11) is 1.63. The van der Waals surface area contributed by atoms with Gasteiger partial charge in [0.2, 0.25) is 17.0 Å². The number of hydrogen-bond acceptors (Lipinski definition) is 6. The van der Waals surface area contributed by atoms with Crippen LogP contribution in [-0.4, -0.2) is 62.3 Å². The molecule has 0 atom stereocenters. The normalized spacial score (nSPS) is 13.5. The van der Waals surface area contributed by atoms with Gasteiger partial charge in [-0.05, 0) is 28.8 Å². The van der Waals surface area contributed by atoms with Gasteiger partial charge in [0, 0.05) is 13.1 Å². The van der Waals surface area contributed by atoms with Gasteiger partial charge in [-0.1, -0.05) is 42.1 Å². The minimum Gasteiger partial charge on any atom is -0.352 e. The van der Waals surface area contributed by atoms with Crippen molar-refractivity contribution in [2.75, 3.05) is 19.3 Å². The highest BCUT2D eigenvalue weighted by Gasteiger charge is 2.24. The summed E-state index contributed by atoms with van der Waals surface area (Å²) < 4.78 is 1.66. The Bertz CT molecular complexity index is 731. The van der Waals surface area contributed by atoms with E-state index in [1.807, 2.05) is 30.3 Å². The maximum Gasteiger partial charge on any atom is 0.239 e. The van der Waals surface area contributed by atoms with Crippen molar-refractivity contribution in [3.63, 3.8) is 0 Å². The van der Waals surface area contributed by atoms with Crippen LogP contribution in [0.3, 0.4) is 0 Å². The van der Waals surface area contributed by atoms with Crippen molar-refractivity contribution in [3.05, 3.63) is 35.9 Å². The second-order valence-electron chi connectivity index (χ2n) is 5.98. The maximum absolute atomic E-state index is 12.2. The lowest BCUT2D eigenvalue weighted by atomic mass is 10.2. The van der Waals surface area contributed by atoms with Gasteiger partial charge in [-0.3, -0.25) is 9.59 Å². The highest BCUT2D eigenvalue weighted by atomic mass is 32.2. The van der Waals surface area contributed by atoms with Crippen LogP contribution in [0.1, 0.15) is 18.4 Å². The molecule has 1 saturated carbocycles. The molecule has 0 bridgehead atoms. The highest BCUT2D eigenvalue weighted by molar-refractivity contribution is 7.99. The first-order chi connectivity index (χ1) is 12.1. The molecule has 9 heteroatoms. The van der Waals surface area contributed by atoms with Gasteiger partial charge in [0.05, 0.1) is 18.8 Å². The molecular formula is C16H20N6O2S. The standard InChI is InChI=1S/C16H20N6O2S/c1-21(10-14(23)17-13-7-8-13)15(24)11-25-16-18-19-20-22(16)9-12-5-3-2-4-6-12/h2-6,13H,7-11H2,1H3,(H,17,23). The summed E-state index contributed by atoms with van der Waals surface area (Å²) in [6, 6.07) is 10.1. The first kappa shape index (κ1) is 17.4. The Hall–Kier alpha value is -2.42. The Morgan fingerprint density at radius 2 is 2.08 bits per heavy atom. The average Bonchev–Trinajstić information content (AvgIpc) is 3.30. The minimum absolute atomic E-state index is 0.0743. The highest BCUT2D eigenvalue weighted by Crippen LogP contribution is 2.18. The van der Waals surface area contributed by atoms with Crippen LogP contribution in [-0.2, 0) is 16.1 Å².